The lowest BCUT2D eigenvalue weighted by atomic mass is 10.3. The van der Waals surface area contributed by atoms with Crippen molar-refractivity contribution in [1.29, 1.82) is 0 Å². The molecule has 0 aromatic heterocycles. The minimum Gasteiger partial charge on any atom is -0.382 e. The molecule has 100 valence electrons. The first-order valence-corrected chi connectivity index (χ1v) is 8.07. The second kappa shape index (κ2) is 5.71. The summed E-state index contributed by atoms with van der Waals surface area (Å²) in [7, 11) is -3.18. The summed E-state index contributed by atoms with van der Waals surface area (Å²) in [5, 5.41) is 3.11. The van der Waals surface area contributed by atoms with Gasteiger partial charge < -0.3 is 10.1 Å². The van der Waals surface area contributed by atoms with Crippen molar-refractivity contribution in [2.75, 3.05) is 31.3 Å². The predicted octanol–water partition coefficient (Wildman–Crippen LogP) is 1.93. The molecule has 0 aliphatic heterocycles. The van der Waals surface area contributed by atoms with E-state index < -0.39 is 9.84 Å². The monoisotopic (exact) mass is 269 g/mol. The van der Waals surface area contributed by atoms with Crippen LogP contribution in [0.5, 0.6) is 0 Å². The number of para-hydroxylation sites is 1. The van der Waals surface area contributed by atoms with Crippen molar-refractivity contribution in [3.05, 3.63) is 24.3 Å². The lowest BCUT2D eigenvalue weighted by Crippen LogP contribution is -2.12. The van der Waals surface area contributed by atoms with Gasteiger partial charge in [0, 0.05) is 19.4 Å². The van der Waals surface area contributed by atoms with E-state index in [1.165, 1.54) is 19.1 Å². The summed E-state index contributed by atoms with van der Waals surface area (Å²) in [6.45, 7) is 2.06. The van der Waals surface area contributed by atoms with Gasteiger partial charge in [0.2, 0.25) is 0 Å². The second-order valence-corrected chi connectivity index (χ2v) is 6.70. The van der Waals surface area contributed by atoms with Crippen LogP contribution >= 0.6 is 0 Å². The summed E-state index contributed by atoms with van der Waals surface area (Å²) in [6.07, 6.45) is 3.78. The third-order valence-electron chi connectivity index (χ3n) is 2.90. The number of anilines is 1. The van der Waals surface area contributed by atoms with E-state index >= 15 is 0 Å². The van der Waals surface area contributed by atoms with Crippen molar-refractivity contribution < 1.29 is 13.2 Å². The van der Waals surface area contributed by atoms with E-state index in [0.717, 1.165) is 12.5 Å². The lowest BCUT2D eigenvalue weighted by Gasteiger charge is -2.10. The average molecular weight is 269 g/mol. The number of benzene rings is 1. The Bertz CT molecular complexity index is 495. The van der Waals surface area contributed by atoms with E-state index in [2.05, 4.69) is 5.32 Å². The van der Waals surface area contributed by atoms with Gasteiger partial charge in [-0.15, -0.1) is 0 Å². The zero-order valence-electron chi connectivity index (χ0n) is 10.6. The van der Waals surface area contributed by atoms with Gasteiger partial charge in [-0.1, -0.05) is 12.1 Å². The van der Waals surface area contributed by atoms with Crippen molar-refractivity contribution in [2.24, 2.45) is 5.92 Å². The van der Waals surface area contributed by atoms with Crippen molar-refractivity contribution in [2.45, 2.75) is 17.7 Å². The molecule has 0 bridgehead atoms. The molecule has 0 heterocycles. The van der Waals surface area contributed by atoms with Crippen molar-refractivity contribution in [3.8, 4) is 0 Å². The Hall–Kier alpha value is -1.07. The fourth-order valence-corrected chi connectivity index (χ4v) is 2.59. The molecule has 2 rings (SSSR count). The Morgan fingerprint density at radius 1 is 1.33 bits per heavy atom. The van der Waals surface area contributed by atoms with Gasteiger partial charge >= 0.3 is 0 Å². The zero-order chi connectivity index (χ0) is 13.0. The Labute approximate surface area is 108 Å². The highest BCUT2D eigenvalue weighted by Gasteiger charge is 2.20. The number of sulfone groups is 1. The smallest absolute Gasteiger partial charge is 0.177 e. The molecule has 0 saturated heterocycles. The SMILES string of the molecule is CS(=O)(=O)c1ccccc1NCCOCC1CC1. The lowest BCUT2D eigenvalue weighted by molar-refractivity contribution is 0.134. The number of ether oxygens (including phenoxy) is 1. The Morgan fingerprint density at radius 2 is 2.06 bits per heavy atom. The molecule has 1 N–H and O–H groups in total. The van der Waals surface area contributed by atoms with Gasteiger partial charge in [0.15, 0.2) is 9.84 Å². The second-order valence-electron chi connectivity index (χ2n) is 4.71. The molecule has 1 aliphatic rings. The molecule has 18 heavy (non-hydrogen) atoms. The van der Waals surface area contributed by atoms with Crippen LogP contribution in [-0.4, -0.2) is 34.4 Å². The summed E-state index contributed by atoms with van der Waals surface area (Å²) in [6, 6.07) is 6.94. The molecule has 0 radical (unpaired) electrons. The maximum Gasteiger partial charge on any atom is 0.177 e. The van der Waals surface area contributed by atoms with E-state index in [-0.39, 0.29) is 0 Å². The number of hydrogen-bond acceptors (Lipinski definition) is 4. The number of hydrogen-bond donors (Lipinski definition) is 1. The average Bonchev–Trinajstić information content (AvgIpc) is 3.12. The van der Waals surface area contributed by atoms with Gasteiger partial charge in [0.1, 0.15) is 0 Å². The van der Waals surface area contributed by atoms with Crippen LogP contribution in [0.15, 0.2) is 29.2 Å². The van der Waals surface area contributed by atoms with E-state index in [1.807, 2.05) is 6.07 Å². The standard InChI is InChI=1S/C13H19NO3S/c1-18(15,16)13-5-3-2-4-12(13)14-8-9-17-10-11-6-7-11/h2-5,11,14H,6-10H2,1H3. The van der Waals surface area contributed by atoms with Crippen molar-refractivity contribution in [1.82, 2.24) is 0 Å². The summed E-state index contributed by atoms with van der Waals surface area (Å²) in [4.78, 5) is 0.340. The minimum absolute atomic E-state index is 0.340. The first-order chi connectivity index (χ1) is 8.57. The topological polar surface area (TPSA) is 55.4 Å². The highest BCUT2D eigenvalue weighted by Crippen LogP contribution is 2.28. The molecular weight excluding hydrogens is 250 g/mol. The van der Waals surface area contributed by atoms with Crippen LogP contribution < -0.4 is 5.32 Å². The maximum absolute atomic E-state index is 11.6. The molecule has 1 aliphatic carbocycles. The molecule has 5 heteroatoms. The van der Waals surface area contributed by atoms with Gasteiger partial charge in [-0.3, -0.25) is 0 Å². The van der Waals surface area contributed by atoms with Crippen LogP contribution in [0.3, 0.4) is 0 Å². The van der Waals surface area contributed by atoms with Crippen LogP contribution in [0.4, 0.5) is 5.69 Å². The van der Waals surface area contributed by atoms with E-state index in [0.29, 0.717) is 23.7 Å². The van der Waals surface area contributed by atoms with Gasteiger partial charge in [-0.05, 0) is 30.9 Å². The highest BCUT2D eigenvalue weighted by molar-refractivity contribution is 7.90. The highest BCUT2D eigenvalue weighted by atomic mass is 32.2. The summed E-state index contributed by atoms with van der Waals surface area (Å²) in [5.41, 5.74) is 0.648. The quantitative estimate of drug-likeness (QED) is 0.768. The van der Waals surface area contributed by atoms with Gasteiger partial charge in [-0.25, -0.2) is 8.42 Å². The molecular formula is C13H19NO3S. The Balaban J connectivity index is 1.84. The van der Waals surface area contributed by atoms with Crippen LogP contribution in [0, 0.1) is 5.92 Å². The van der Waals surface area contributed by atoms with Crippen LogP contribution in [0.2, 0.25) is 0 Å². The summed E-state index contributed by atoms with van der Waals surface area (Å²) in [5.74, 6) is 0.758. The summed E-state index contributed by atoms with van der Waals surface area (Å²) < 4.78 is 28.6. The molecule has 1 fully saturated rings. The Kier molecular flexibility index (Phi) is 4.24. The zero-order valence-corrected chi connectivity index (χ0v) is 11.4. The van der Waals surface area contributed by atoms with E-state index in [4.69, 9.17) is 4.74 Å². The molecule has 0 spiro atoms. The fourth-order valence-electron chi connectivity index (χ4n) is 1.73. The van der Waals surface area contributed by atoms with Gasteiger partial charge in [0.05, 0.1) is 17.2 Å². The molecule has 0 unspecified atom stereocenters. The molecule has 1 aromatic rings. The molecule has 1 aromatic carbocycles. The third kappa shape index (κ3) is 3.99. The number of rotatable bonds is 7. The van der Waals surface area contributed by atoms with Crippen molar-refractivity contribution in [3.63, 3.8) is 0 Å². The third-order valence-corrected chi connectivity index (χ3v) is 4.05. The largest absolute Gasteiger partial charge is 0.382 e. The molecule has 4 nitrogen and oxygen atoms in total. The minimum atomic E-state index is -3.18. The van der Waals surface area contributed by atoms with Gasteiger partial charge in [-0.2, -0.15) is 0 Å². The first kappa shape index (κ1) is 13.4. The number of nitrogens with one attached hydrogen (secondary N) is 1. The molecule has 0 atom stereocenters. The first-order valence-electron chi connectivity index (χ1n) is 6.18. The van der Waals surface area contributed by atoms with Gasteiger partial charge in [0.25, 0.3) is 0 Å². The normalized spacial score (nSPS) is 15.6. The van der Waals surface area contributed by atoms with Crippen LogP contribution in [0.25, 0.3) is 0 Å². The van der Waals surface area contributed by atoms with E-state index in [1.54, 1.807) is 18.2 Å². The maximum atomic E-state index is 11.6. The van der Waals surface area contributed by atoms with E-state index in [9.17, 15) is 8.42 Å². The van der Waals surface area contributed by atoms with Crippen molar-refractivity contribution >= 4 is 15.5 Å². The molecule has 1 saturated carbocycles. The molecule has 0 amide bonds. The van der Waals surface area contributed by atoms with Crippen LogP contribution in [0.1, 0.15) is 12.8 Å². The Morgan fingerprint density at radius 3 is 2.72 bits per heavy atom. The van der Waals surface area contributed by atoms with Crippen LogP contribution in [-0.2, 0) is 14.6 Å². The summed E-state index contributed by atoms with van der Waals surface area (Å²) >= 11 is 0. The predicted molar refractivity (Wildman–Crippen MR) is 71.6 cm³/mol. The fraction of sp³-hybridized carbons (Fsp3) is 0.538.